The van der Waals surface area contributed by atoms with Gasteiger partial charge in [0.1, 0.15) is 5.75 Å². The molecule has 1 aromatic carbocycles. The number of likely N-dealkylation sites (N-methyl/N-ethyl adjacent to an activating group) is 1. The summed E-state index contributed by atoms with van der Waals surface area (Å²) in [7, 11) is 3.34. The number of halogens is 2. The first-order valence-corrected chi connectivity index (χ1v) is 6.08. The van der Waals surface area contributed by atoms with Crippen LogP contribution in [0.25, 0.3) is 0 Å². The topological polar surface area (TPSA) is 55.6 Å². The average Bonchev–Trinajstić information content (AvgIpc) is 2.28. The third-order valence-corrected chi connectivity index (χ3v) is 2.91. The van der Waals surface area contributed by atoms with Crippen LogP contribution in [0.4, 0.5) is 0 Å². The van der Waals surface area contributed by atoms with Gasteiger partial charge in [-0.15, -0.1) is 12.4 Å². The van der Waals surface area contributed by atoms with E-state index in [2.05, 4.69) is 15.9 Å². The van der Waals surface area contributed by atoms with Crippen LogP contribution >= 0.6 is 28.3 Å². The molecule has 0 aliphatic carbocycles. The number of rotatable bonds is 4. The van der Waals surface area contributed by atoms with Crippen molar-refractivity contribution in [3.8, 4) is 5.75 Å². The molecule has 102 valence electrons. The third-order valence-electron chi connectivity index (χ3n) is 2.42. The molecule has 0 saturated carbocycles. The van der Waals surface area contributed by atoms with Crippen molar-refractivity contribution in [3.05, 3.63) is 28.2 Å². The van der Waals surface area contributed by atoms with Crippen molar-refractivity contribution in [1.82, 2.24) is 4.90 Å². The first kappa shape index (κ1) is 17.2. The van der Waals surface area contributed by atoms with Gasteiger partial charge in [-0.3, -0.25) is 4.79 Å². The van der Waals surface area contributed by atoms with Crippen LogP contribution in [0.3, 0.4) is 0 Å². The zero-order chi connectivity index (χ0) is 13.0. The van der Waals surface area contributed by atoms with Gasteiger partial charge in [-0.1, -0.05) is 15.9 Å². The molecule has 1 unspecified atom stereocenters. The van der Waals surface area contributed by atoms with Crippen LogP contribution in [-0.4, -0.2) is 31.0 Å². The summed E-state index contributed by atoms with van der Waals surface area (Å²) < 4.78 is 6.21. The summed E-state index contributed by atoms with van der Waals surface area (Å²) in [6.07, 6.45) is 0. The monoisotopic (exact) mass is 336 g/mol. The van der Waals surface area contributed by atoms with Crippen molar-refractivity contribution in [3.63, 3.8) is 0 Å². The minimum Gasteiger partial charge on any atom is -0.496 e. The first-order valence-electron chi connectivity index (χ1n) is 5.28. The molecule has 0 bridgehead atoms. The Balaban J connectivity index is 0.00000289. The summed E-state index contributed by atoms with van der Waals surface area (Å²) >= 11 is 3.40. The Morgan fingerprint density at radius 1 is 1.56 bits per heavy atom. The van der Waals surface area contributed by atoms with E-state index in [0.717, 1.165) is 15.8 Å². The Kier molecular flexibility index (Phi) is 7.28. The Morgan fingerprint density at radius 3 is 2.67 bits per heavy atom. The maximum Gasteiger partial charge on any atom is 0.239 e. The van der Waals surface area contributed by atoms with Crippen molar-refractivity contribution in [2.24, 2.45) is 5.73 Å². The molecule has 1 atom stereocenters. The smallest absolute Gasteiger partial charge is 0.239 e. The highest BCUT2D eigenvalue weighted by atomic mass is 79.9. The van der Waals surface area contributed by atoms with Crippen LogP contribution in [0.5, 0.6) is 5.75 Å². The predicted molar refractivity (Wildman–Crippen MR) is 78.1 cm³/mol. The Labute approximate surface area is 122 Å². The van der Waals surface area contributed by atoms with Crippen LogP contribution in [0.1, 0.15) is 12.5 Å². The quantitative estimate of drug-likeness (QED) is 0.916. The van der Waals surface area contributed by atoms with E-state index < -0.39 is 6.04 Å². The van der Waals surface area contributed by atoms with E-state index >= 15 is 0 Å². The summed E-state index contributed by atoms with van der Waals surface area (Å²) in [5.74, 6) is 0.671. The van der Waals surface area contributed by atoms with Gasteiger partial charge in [-0.2, -0.15) is 0 Å². The van der Waals surface area contributed by atoms with Crippen molar-refractivity contribution in [2.75, 3.05) is 14.2 Å². The number of benzene rings is 1. The lowest BCUT2D eigenvalue weighted by Gasteiger charge is -2.20. The van der Waals surface area contributed by atoms with Crippen LogP contribution in [0.2, 0.25) is 0 Å². The van der Waals surface area contributed by atoms with Gasteiger partial charge in [0.05, 0.1) is 13.2 Å². The maximum atomic E-state index is 11.7. The van der Waals surface area contributed by atoms with E-state index in [9.17, 15) is 4.79 Å². The van der Waals surface area contributed by atoms with Gasteiger partial charge in [0.25, 0.3) is 0 Å². The van der Waals surface area contributed by atoms with E-state index in [0.29, 0.717) is 6.54 Å². The molecule has 0 heterocycles. The highest BCUT2D eigenvalue weighted by Crippen LogP contribution is 2.24. The van der Waals surface area contributed by atoms with Gasteiger partial charge in [0.15, 0.2) is 0 Å². The van der Waals surface area contributed by atoms with Crippen molar-refractivity contribution >= 4 is 34.2 Å². The molecule has 0 spiro atoms. The van der Waals surface area contributed by atoms with Crippen molar-refractivity contribution in [1.29, 1.82) is 0 Å². The molecule has 0 saturated heterocycles. The summed E-state index contributed by atoms with van der Waals surface area (Å²) in [4.78, 5) is 13.3. The zero-order valence-electron chi connectivity index (χ0n) is 10.6. The van der Waals surface area contributed by atoms with E-state index in [1.54, 1.807) is 26.0 Å². The van der Waals surface area contributed by atoms with Crippen molar-refractivity contribution in [2.45, 2.75) is 19.5 Å². The fraction of sp³-hybridized carbons (Fsp3) is 0.417. The second kappa shape index (κ2) is 7.61. The number of carbonyl (C=O) groups excluding carboxylic acids is 1. The molecule has 0 fully saturated rings. The third kappa shape index (κ3) is 4.48. The molecular formula is C12H18BrClN2O2. The summed E-state index contributed by atoms with van der Waals surface area (Å²) in [5, 5.41) is 0. The lowest BCUT2D eigenvalue weighted by Crippen LogP contribution is -2.39. The number of ether oxygens (including phenoxy) is 1. The highest BCUT2D eigenvalue weighted by Gasteiger charge is 2.15. The second-order valence-electron chi connectivity index (χ2n) is 3.94. The van der Waals surface area contributed by atoms with Gasteiger partial charge < -0.3 is 15.4 Å². The Hall–Kier alpha value is -0.780. The minimum absolute atomic E-state index is 0. The molecule has 2 N–H and O–H groups in total. The van der Waals surface area contributed by atoms with Gasteiger partial charge in [0, 0.05) is 23.6 Å². The molecule has 18 heavy (non-hydrogen) atoms. The number of nitrogens with two attached hydrogens (primary N) is 1. The lowest BCUT2D eigenvalue weighted by molar-refractivity contribution is -0.131. The number of hydrogen-bond donors (Lipinski definition) is 1. The molecule has 1 rings (SSSR count). The molecule has 0 aliphatic rings. The summed E-state index contributed by atoms with van der Waals surface area (Å²) in [6.45, 7) is 2.15. The predicted octanol–water partition coefficient (Wildman–Crippen LogP) is 2.19. The second-order valence-corrected chi connectivity index (χ2v) is 4.85. The van der Waals surface area contributed by atoms with E-state index in [1.165, 1.54) is 0 Å². The highest BCUT2D eigenvalue weighted by molar-refractivity contribution is 9.10. The summed E-state index contributed by atoms with van der Waals surface area (Å²) in [5.41, 5.74) is 6.50. The maximum absolute atomic E-state index is 11.7. The van der Waals surface area contributed by atoms with E-state index in [-0.39, 0.29) is 18.3 Å². The fourth-order valence-electron chi connectivity index (χ4n) is 1.55. The van der Waals surface area contributed by atoms with Gasteiger partial charge in [-0.05, 0) is 25.1 Å². The lowest BCUT2D eigenvalue weighted by atomic mass is 10.2. The molecule has 0 aromatic heterocycles. The summed E-state index contributed by atoms with van der Waals surface area (Å²) in [6, 6.07) is 5.21. The Bertz CT molecular complexity index is 413. The minimum atomic E-state index is -0.488. The molecule has 4 nitrogen and oxygen atoms in total. The molecule has 0 radical (unpaired) electrons. The van der Waals surface area contributed by atoms with Crippen LogP contribution in [0, 0.1) is 0 Å². The fourth-order valence-corrected chi connectivity index (χ4v) is 1.96. The number of nitrogens with zero attached hydrogens (tertiary/aromatic N) is 1. The van der Waals surface area contributed by atoms with Crippen LogP contribution in [-0.2, 0) is 11.3 Å². The molecular weight excluding hydrogens is 320 g/mol. The number of carbonyl (C=O) groups is 1. The van der Waals surface area contributed by atoms with Gasteiger partial charge in [-0.25, -0.2) is 0 Å². The SMILES string of the molecule is COc1ccc(Br)cc1CN(C)C(=O)C(C)N.Cl. The van der Waals surface area contributed by atoms with Gasteiger partial charge in [0.2, 0.25) is 5.91 Å². The van der Waals surface area contributed by atoms with E-state index in [4.69, 9.17) is 10.5 Å². The largest absolute Gasteiger partial charge is 0.496 e. The Morgan fingerprint density at radius 2 is 2.17 bits per heavy atom. The average molecular weight is 338 g/mol. The van der Waals surface area contributed by atoms with Crippen LogP contribution in [0.15, 0.2) is 22.7 Å². The molecule has 0 aliphatic heterocycles. The first-order chi connectivity index (χ1) is 7.95. The number of methoxy groups -OCH3 is 1. The number of hydrogen-bond acceptors (Lipinski definition) is 3. The molecule has 6 heteroatoms. The van der Waals surface area contributed by atoms with Crippen LogP contribution < -0.4 is 10.5 Å². The normalized spacial score (nSPS) is 11.4. The van der Waals surface area contributed by atoms with Gasteiger partial charge >= 0.3 is 0 Å². The van der Waals surface area contributed by atoms with E-state index in [1.807, 2.05) is 18.2 Å². The van der Waals surface area contributed by atoms with Crippen molar-refractivity contribution < 1.29 is 9.53 Å². The number of amides is 1. The molecule has 1 aromatic rings. The zero-order valence-corrected chi connectivity index (χ0v) is 13.0. The molecule has 1 amide bonds. The standard InChI is InChI=1S/C12H17BrN2O2.ClH/c1-8(14)12(16)15(2)7-9-6-10(13)4-5-11(9)17-3;/h4-6,8H,7,14H2,1-3H3;1H.